The van der Waals surface area contributed by atoms with Crippen LogP contribution < -0.4 is 15.1 Å². The molecule has 29 heavy (non-hydrogen) atoms. The number of Topliss-reactive ketones (excluding diaryl/α,β-unsaturated/α-hetero) is 1. The van der Waals surface area contributed by atoms with Crippen LogP contribution in [0.3, 0.4) is 0 Å². The number of rotatable bonds is 4. The van der Waals surface area contributed by atoms with Gasteiger partial charge in [-0.1, -0.05) is 52.2 Å². The standard InChI is InChI=1S/C23H33N3O3/c1-16(27)24-18-14-25(17-10-6-5-7-11-17)19-12-8-9-13-20(19)26(22(18)29)15-21(28)23(2,3)4/h8-9,12-13,17-18H,5-7,10-11,14-15H2,1-4H3,(H,24,27)/t18-/m1/s1. The summed E-state index contributed by atoms with van der Waals surface area (Å²) in [7, 11) is 0. The summed E-state index contributed by atoms with van der Waals surface area (Å²) in [5.74, 6) is -0.461. The second kappa shape index (κ2) is 8.56. The largest absolute Gasteiger partial charge is 0.364 e. The highest BCUT2D eigenvalue weighted by Gasteiger charge is 2.38. The number of benzene rings is 1. The molecule has 0 bridgehead atoms. The lowest BCUT2D eigenvalue weighted by Crippen LogP contribution is -2.54. The maximum atomic E-state index is 13.5. The highest BCUT2D eigenvalue weighted by molar-refractivity contribution is 6.07. The molecule has 0 saturated heterocycles. The van der Waals surface area contributed by atoms with Gasteiger partial charge in [-0.2, -0.15) is 0 Å². The van der Waals surface area contributed by atoms with E-state index in [1.807, 2.05) is 45.0 Å². The average molecular weight is 400 g/mol. The summed E-state index contributed by atoms with van der Waals surface area (Å²) >= 11 is 0. The monoisotopic (exact) mass is 399 g/mol. The van der Waals surface area contributed by atoms with Crippen LogP contribution in [0.4, 0.5) is 11.4 Å². The van der Waals surface area contributed by atoms with Gasteiger partial charge in [-0.15, -0.1) is 0 Å². The van der Waals surface area contributed by atoms with Crippen LogP contribution in [0.1, 0.15) is 59.8 Å². The van der Waals surface area contributed by atoms with Crippen molar-refractivity contribution in [3.05, 3.63) is 24.3 Å². The first-order valence-corrected chi connectivity index (χ1v) is 10.7. The van der Waals surface area contributed by atoms with Crippen molar-refractivity contribution in [2.45, 2.75) is 71.9 Å². The van der Waals surface area contributed by atoms with Crippen molar-refractivity contribution in [3.63, 3.8) is 0 Å². The Morgan fingerprint density at radius 2 is 1.69 bits per heavy atom. The molecule has 1 fully saturated rings. The first kappa shape index (κ1) is 21.3. The van der Waals surface area contributed by atoms with E-state index in [4.69, 9.17) is 0 Å². The van der Waals surface area contributed by atoms with E-state index in [2.05, 4.69) is 10.2 Å². The summed E-state index contributed by atoms with van der Waals surface area (Å²) in [6, 6.07) is 7.48. The number of hydrogen-bond donors (Lipinski definition) is 1. The second-order valence-corrected chi connectivity index (χ2v) is 9.28. The van der Waals surface area contributed by atoms with Gasteiger partial charge in [0, 0.05) is 24.9 Å². The maximum absolute atomic E-state index is 13.5. The van der Waals surface area contributed by atoms with Crippen LogP contribution in [-0.2, 0) is 14.4 Å². The normalized spacial score (nSPS) is 20.8. The molecule has 1 atom stereocenters. The molecule has 1 aromatic carbocycles. The Morgan fingerprint density at radius 1 is 1.07 bits per heavy atom. The molecular formula is C23H33N3O3. The smallest absolute Gasteiger partial charge is 0.251 e. The molecule has 1 aliphatic heterocycles. The van der Waals surface area contributed by atoms with Gasteiger partial charge in [-0.25, -0.2) is 0 Å². The number of amides is 2. The first-order chi connectivity index (χ1) is 13.7. The molecule has 3 rings (SSSR count). The van der Waals surface area contributed by atoms with Crippen molar-refractivity contribution in [2.75, 3.05) is 22.9 Å². The molecule has 0 aromatic heterocycles. The summed E-state index contributed by atoms with van der Waals surface area (Å²) in [6.45, 7) is 7.46. The minimum atomic E-state index is -0.672. The minimum Gasteiger partial charge on any atom is -0.364 e. The lowest BCUT2D eigenvalue weighted by Gasteiger charge is -2.37. The maximum Gasteiger partial charge on any atom is 0.251 e. The van der Waals surface area contributed by atoms with Gasteiger partial charge in [-0.3, -0.25) is 14.4 Å². The van der Waals surface area contributed by atoms with E-state index in [-0.39, 0.29) is 24.1 Å². The quantitative estimate of drug-likeness (QED) is 0.843. The summed E-state index contributed by atoms with van der Waals surface area (Å²) in [4.78, 5) is 42.0. The third-order valence-electron chi connectivity index (χ3n) is 5.96. The van der Waals surface area contributed by atoms with E-state index in [1.54, 1.807) is 4.90 Å². The van der Waals surface area contributed by atoms with Crippen LogP contribution in [0.25, 0.3) is 0 Å². The number of anilines is 2. The van der Waals surface area contributed by atoms with Crippen molar-refractivity contribution >= 4 is 29.0 Å². The third-order valence-corrected chi connectivity index (χ3v) is 5.96. The summed E-state index contributed by atoms with van der Waals surface area (Å²) < 4.78 is 0. The summed E-state index contributed by atoms with van der Waals surface area (Å²) in [6.07, 6.45) is 5.75. The van der Waals surface area contributed by atoms with E-state index in [1.165, 1.54) is 26.2 Å². The van der Waals surface area contributed by atoms with Crippen molar-refractivity contribution in [2.24, 2.45) is 5.41 Å². The van der Waals surface area contributed by atoms with Gasteiger partial charge in [0.1, 0.15) is 6.04 Å². The van der Waals surface area contributed by atoms with Gasteiger partial charge in [0.05, 0.1) is 17.9 Å². The van der Waals surface area contributed by atoms with Crippen LogP contribution in [0.15, 0.2) is 24.3 Å². The Morgan fingerprint density at radius 3 is 2.28 bits per heavy atom. The lowest BCUT2D eigenvalue weighted by atomic mass is 9.90. The molecule has 0 spiro atoms. The zero-order valence-corrected chi connectivity index (χ0v) is 18.0. The van der Waals surface area contributed by atoms with Gasteiger partial charge in [0.15, 0.2) is 5.78 Å². The average Bonchev–Trinajstić information content (AvgIpc) is 2.78. The Kier molecular flexibility index (Phi) is 6.30. The van der Waals surface area contributed by atoms with E-state index < -0.39 is 11.5 Å². The highest BCUT2D eigenvalue weighted by Crippen LogP contribution is 2.37. The summed E-state index contributed by atoms with van der Waals surface area (Å²) in [5.41, 5.74) is 1.18. The molecular weight excluding hydrogens is 366 g/mol. The van der Waals surface area contributed by atoms with Crippen molar-refractivity contribution < 1.29 is 14.4 Å². The molecule has 1 aromatic rings. The zero-order chi connectivity index (χ0) is 21.2. The van der Waals surface area contributed by atoms with Gasteiger partial charge >= 0.3 is 0 Å². The lowest BCUT2D eigenvalue weighted by molar-refractivity contribution is -0.128. The molecule has 2 amide bonds. The van der Waals surface area contributed by atoms with Gasteiger partial charge < -0.3 is 15.1 Å². The summed E-state index contributed by atoms with van der Waals surface area (Å²) in [5, 5.41) is 2.83. The molecule has 1 heterocycles. The van der Waals surface area contributed by atoms with Crippen molar-refractivity contribution in [1.82, 2.24) is 5.32 Å². The van der Waals surface area contributed by atoms with E-state index in [0.717, 1.165) is 24.2 Å². The fourth-order valence-corrected chi connectivity index (χ4v) is 4.25. The molecule has 1 saturated carbocycles. The van der Waals surface area contributed by atoms with Crippen LogP contribution in [-0.4, -0.2) is 42.8 Å². The topological polar surface area (TPSA) is 69.7 Å². The Hall–Kier alpha value is -2.37. The number of ketones is 1. The first-order valence-electron chi connectivity index (χ1n) is 10.7. The number of nitrogens with zero attached hydrogens (tertiary/aromatic N) is 2. The van der Waals surface area contributed by atoms with Gasteiger partial charge in [0.2, 0.25) is 5.91 Å². The Balaban J connectivity index is 2.04. The van der Waals surface area contributed by atoms with Crippen LogP contribution in [0, 0.1) is 5.41 Å². The minimum absolute atomic E-state index is 0.00616. The van der Waals surface area contributed by atoms with Crippen molar-refractivity contribution in [3.8, 4) is 0 Å². The predicted octanol–water partition coefficient (Wildman–Crippen LogP) is 3.29. The van der Waals surface area contributed by atoms with Crippen LogP contribution in [0.2, 0.25) is 0 Å². The number of carbonyl (C=O) groups excluding carboxylic acids is 3. The molecule has 6 nitrogen and oxygen atoms in total. The number of para-hydroxylation sites is 2. The van der Waals surface area contributed by atoms with E-state index in [0.29, 0.717) is 12.6 Å². The molecule has 2 aliphatic rings. The Labute approximate surface area is 173 Å². The molecule has 0 unspecified atom stereocenters. The molecule has 158 valence electrons. The van der Waals surface area contributed by atoms with Gasteiger partial charge in [-0.05, 0) is 25.0 Å². The Bertz CT molecular complexity index is 778. The molecule has 0 radical (unpaired) electrons. The number of hydrogen-bond acceptors (Lipinski definition) is 4. The number of nitrogens with one attached hydrogen (secondary N) is 1. The predicted molar refractivity (Wildman–Crippen MR) is 115 cm³/mol. The fraction of sp³-hybridized carbons (Fsp3) is 0.609. The second-order valence-electron chi connectivity index (χ2n) is 9.28. The van der Waals surface area contributed by atoms with Crippen LogP contribution >= 0.6 is 0 Å². The molecule has 6 heteroatoms. The zero-order valence-electron chi connectivity index (χ0n) is 18.0. The fourth-order valence-electron chi connectivity index (χ4n) is 4.25. The molecule has 1 aliphatic carbocycles. The van der Waals surface area contributed by atoms with E-state index >= 15 is 0 Å². The SMILES string of the molecule is CC(=O)N[C@@H]1CN(C2CCCCC2)c2ccccc2N(CC(=O)C(C)(C)C)C1=O. The van der Waals surface area contributed by atoms with Gasteiger partial charge in [0.25, 0.3) is 5.91 Å². The number of fused-ring (bicyclic) bond motifs is 1. The van der Waals surface area contributed by atoms with Crippen molar-refractivity contribution in [1.29, 1.82) is 0 Å². The highest BCUT2D eigenvalue weighted by atomic mass is 16.2. The number of carbonyl (C=O) groups is 3. The van der Waals surface area contributed by atoms with Crippen LogP contribution in [0.5, 0.6) is 0 Å². The molecule has 1 N–H and O–H groups in total. The third kappa shape index (κ3) is 4.80. The van der Waals surface area contributed by atoms with E-state index in [9.17, 15) is 14.4 Å².